The lowest BCUT2D eigenvalue weighted by atomic mass is 9.54. The standard InChI is InChI=1S/C15H22O3/c1-9-10-7-12-14(2,5-4-6-15(12,3)17)8-11(10)18-13(9)16/h11-12,17H,4-8H2,1-3H3/t11-,12-,14-,15-/m1/s1. The van der Waals surface area contributed by atoms with E-state index in [1.807, 2.05) is 13.8 Å². The van der Waals surface area contributed by atoms with Gasteiger partial charge in [-0.1, -0.05) is 13.3 Å². The number of hydrogen-bond acceptors (Lipinski definition) is 3. The van der Waals surface area contributed by atoms with Gasteiger partial charge in [-0.3, -0.25) is 0 Å². The van der Waals surface area contributed by atoms with E-state index < -0.39 is 5.60 Å². The van der Waals surface area contributed by atoms with Crippen LogP contribution in [0.15, 0.2) is 11.1 Å². The molecule has 0 aromatic heterocycles. The van der Waals surface area contributed by atoms with Gasteiger partial charge in [-0.25, -0.2) is 4.79 Å². The molecule has 1 N–H and O–H groups in total. The van der Waals surface area contributed by atoms with Crippen molar-refractivity contribution in [3.05, 3.63) is 11.1 Å². The SMILES string of the molecule is CC1=C2C[C@@H]3[C@](C)(CCC[C@@]3(C)O)C[C@H]2OC1=O. The average Bonchev–Trinajstić information content (AvgIpc) is 2.51. The number of ether oxygens (including phenoxy) is 1. The third-order valence-corrected chi connectivity index (χ3v) is 5.52. The van der Waals surface area contributed by atoms with Gasteiger partial charge in [-0.05, 0) is 56.4 Å². The zero-order valence-corrected chi connectivity index (χ0v) is 11.5. The molecule has 0 aromatic carbocycles. The van der Waals surface area contributed by atoms with Gasteiger partial charge < -0.3 is 9.84 Å². The van der Waals surface area contributed by atoms with Crippen molar-refractivity contribution in [3.63, 3.8) is 0 Å². The van der Waals surface area contributed by atoms with Crippen LogP contribution in [0.2, 0.25) is 0 Å². The first-order chi connectivity index (χ1) is 8.33. The number of hydrogen-bond donors (Lipinski definition) is 1. The Morgan fingerprint density at radius 1 is 1.33 bits per heavy atom. The zero-order valence-electron chi connectivity index (χ0n) is 11.5. The smallest absolute Gasteiger partial charge is 0.334 e. The van der Waals surface area contributed by atoms with E-state index in [4.69, 9.17) is 4.74 Å². The van der Waals surface area contributed by atoms with E-state index in [0.717, 1.165) is 43.3 Å². The van der Waals surface area contributed by atoms with Crippen LogP contribution in [0.4, 0.5) is 0 Å². The van der Waals surface area contributed by atoms with Gasteiger partial charge in [0.2, 0.25) is 0 Å². The summed E-state index contributed by atoms with van der Waals surface area (Å²) >= 11 is 0. The molecule has 3 heteroatoms. The number of carbonyl (C=O) groups is 1. The first-order valence-corrected chi connectivity index (χ1v) is 6.96. The van der Waals surface area contributed by atoms with Gasteiger partial charge in [-0.2, -0.15) is 0 Å². The fourth-order valence-electron chi connectivity index (χ4n) is 4.41. The van der Waals surface area contributed by atoms with Gasteiger partial charge in [0, 0.05) is 5.57 Å². The van der Waals surface area contributed by atoms with Crippen molar-refractivity contribution in [2.75, 3.05) is 0 Å². The van der Waals surface area contributed by atoms with Crippen LogP contribution < -0.4 is 0 Å². The minimum absolute atomic E-state index is 0.0207. The summed E-state index contributed by atoms with van der Waals surface area (Å²) in [5, 5.41) is 10.7. The van der Waals surface area contributed by atoms with Crippen LogP contribution in [0, 0.1) is 11.3 Å². The van der Waals surface area contributed by atoms with Crippen LogP contribution >= 0.6 is 0 Å². The van der Waals surface area contributed by atoms with Crippen molar-refractivity contribution in [2.45, 2.75) is 64.6 Å². The highest BCUT2D eigenvalue weighted by Crippen LogP contribution is 2.57. The summed E-state index contributed by atoms with van der Waals surface area (Å²) in [7, 11) is 0. The van der Waals surface area contributed by atoms with Crippen molar-refractivity contribution in [3.8, 4) is 0 Å². The monoisotopic (exact) mass is 250 g/mol. The summed E-state index contributed by atoms with van der Waals surface area (Å²) in [4.78, 5) is 11.7. The van der Waals surface area contributed by atoms with Gasteiger partial charge in [0.25, 0.3) is 0 Å². The van der Waals surface area contributed by atoms with Crippen molar-refractivity contribution >= 4 is 5.97 Å². The lowest BCUT2D eigenvalue weighted by molar-refractivity contribution is -0.147. The Morgan fingerprint density at radius 2 is 2.06 bits per heavy atom. The Kier molecular flexibility index (Phi) is 2.44. The lowest BCUT2D eigenvalue weighted by Gasteiger charge is -2.53. The highest BCUT2D eigenvalue weighted by molar-refractivity contribution is 5.91. The maximum atomic E-state index is 11.7. The molecule has 0 saturated heterocycles. The van der Waals surface area contributed by atoms with Crippen LogP contribution in [-0.4, -0.2) is 22.8 Å². The van der Waals surface area contributed by atoms with Gasteiger partial charge in [0.15, 0.2) is 0 Å². The summed E-state index contributed by atoms with van der Waals surface area (Å²) in [6, 6.07) is 0. The third-order valence-electron chi connectivity index (χ3n) is 5.52. The number of esters is 1. The van der Waals surface area contributed by atoms with Crippen LogP contribution in [0.3, 0.4) is 0 Å². The second-order valence-corrected chi connectivity index (χ2v) is 6.87. The molecule has 3 aliphatic rings. The lowest BCUT2D eigenvalue weighted by Crippen LogP contribution is -2.52. The van der Waals surface area contributed by atoms with Gasteiger partial charge in [-0.15, -0.1) is 0 Å². The molecule has 0 unspecified atom stereocenters. The number of carbonyl (C=O) groups excluding carboxylic acids is 1. The van der Waals surface area contributed by atoms with Crippen LogP contribution in [0.1, 0.15) is 52.9 Å². The fraction of sp³-hybridized carbons (Fsp3) is 0.800. The summed E-state index contributed by atoms with van der Waals surface area (Å²) in [5.41, 5.74) is 1.44. The average molecular weight is 250 g/mol. The van der Waals surface area contributed by atoms with Crippen molar-refractivity contribution in [1.82, 2.24) is 0 Å². The summed E-state index contributed by atoms with van der Waals surface area (Å²) < 4.78 is 5.47. The van der Waals surface area contributed by atoms with Gasteiger partial charge in [0.05, 0.1) is 5.60 Å². The first kappa shape index (κ1) is 12.2. The van der Waals surface area contributed by atoms with Gasteiger partial charge >= 0.3 is 5.97 Å². The van der Waals surface area contributed by atoms with Crippen molar-refractivity contribution in [2.24, 2.45) is 11.3 Å². The molecule has 0 radical (unpaired) electrons. The Morgan fingerprint density at radius 3 is 2.78 bits per heavy atom. The zero-order chi connectivity index (χ0) is 13.1. The highest BCUT2D eigenvalue weighted by atomic mass is 16.5. The highest BCUT2D eigenvalue weighted by Gasteiger charge is 2.54. The first-order valence-electron chi connectivity index (χ1n) is 6.96. The Balaban J connectivity index is 1.98. The van der Waals surface area contributed by atoms with E-state index in [9.17, 15) is 9.90 Å². The number of rotatable bonds is 0. The molecule has 2 saturated carbocycles. The number of fused-ring (bicyclic) bond motifs is 2. The van der Waals surface area contributed by atoms with Crippen molar-refractivity contribution < 1.29 is 14.6 Å². The predicted octanol–water partition coefficient (Wildman–Crippen LogP) is 2.58. The topological polar surface area (TPSA) is 46.5 Å². The predicted molar refractivity (Wildman–Crippen MR) is 67.9 cm³/mol. The Hall–Kier alpha value is -0.830. The molecular weight excluding hydrogens is 228 g/mol. The molecule has 3 nitrogen and oxygen atoms in total. The molecule has 0 bridgehead atoms. The molecule has 2 aliphatic carbocycles. The molecule has 0 aromatic rings. The minimum atomic E-state index is -0.600. The fourth-order valence-corrected chi connectivity index (χ4v) is 4.41. The molecule has 2 fully saturated rings. The van der Waals surface area contributed by atoms with E-state index in [1.165, 1.54) is 0 Å². The van der Waals surface area contributed by atoms with Crippen LogP contribution in [-0.2, 0) is 9.53 Å². The second-order valence-electron chi connectivity index (χ2n) is 6.87. The van der Waals surface area contributed by atoms with Crippen LogP contribution in [0.25, 0.3) is 0 Å². The largest absolute Gasteiger partial charge is 0.454 e. The molecule has 1 heterocycles. The van der Waals surface area contributed by atoms with E-state index in [2.05, 4.69) is 6.92 Å². The summed E-state index contributed by atoms with van der Waals surface area (Å²) in [6.07, 6.45) is 4.76. The normalized spacial score (nSPS) is 47.7. The summed E-state index contributed by atoms with van der Waals surface area (Å²) in [6.45, 7) is 6.07. The maximum Gasteiger partial charge on any atom is 0.334 e. The molecular formula is C15H22O3. The second kappa shape index (κ2) is 3.60. The minimum Gasteiger partial charge on any atom is -0.454 e. The summed E-state index contributed by atoms with van der Waals surface area (Å²) in [5.74, 6) is 0.103. The molecule has 4 atom stereocenters. The van der Waals surface area contributed by atoms with Crippen LogP contribution in [0.5, 0.6) is 0 Å². The molecule has 18 heavy (non-hydrogen) atoms. The number of aliphatic hydroxyl groups is 1. The van der Waals surface area contributed by atoms with E-state index in [-0.39, 0.29) is 23.4 Å². The maximum absolute atomic E-state index is 11.7. The van der Waals surface area contributed by atoms with Gasteiger partial charge in [0.1, 0.15) is 6.10 Å². The Labute approximate surface area is 108 Å². The van der Waals surface area contributed by atoms with E-state index in [0.29, 0.717) is 0 Å². The third kappa shape index (κ3) is 1.56. The van der Waals surface area contributed by atoms with E-state index >= 15 is 0 Å². The molecule has 100 valence electrons. The molecule has 0 amide bonds. The van der Waals surface area contributed by atoms with E-state index in [1.54, 1.807) is 0 Å². The quantitative estimate of drug-likeness (QED) is 0.672. The Bertz CT molecular complexity index is 435. The van der Waals surface area contributed by atoms with Crippen molar-refractivity contribution in [1.29, 1.82) is 0 Å². The molecule has 1 aliphatic heterocycles. The molecule has 0 spiro atoms. The molecule has 3 rings (SSSR count).